The molecule has 108 valence electrons. The Balaban J connectivity index is 1.95. The van der Waals surface area contributed by atoms with Gasteiger partial charge in [0.05, 0.1) is 0 Å². The smallest absolute Gasteiger partial charge is 0.0406 e. The fourth-order valence-electron chi connectivity index (χ4n) is 2.63. The Morgan fingerprint density at radius 2 is 1.80 bits per heavy atom. The molecule has 2 unspecified atom stereocenters. The summed E-state index contributed by atoms with van der Waals surface area (Å²) in [5, 5.41) is 4.49. The van der Waals surface area contributed by atoms with Gasteiger partial charge in [0.2, 0.25) is 0 Å². The number of rotatable bonds is 5. The third-order valence-corrected chi connectivity index (χ3v) is 4.77. The number of benzene rings is 1. The van der Waals surface area contributed by atoms with E-state index in [4.69, 9.17) is 11.6 Å². The molecule has 3 heteroatoms. The lowest BCUT2D eigenvalue weighted by Crippen LogP contribution is -2.30. The summed E-state index contributed by atoms with van der Waals surface area (Å²) in [6, 6.07) is 11.2. The molecule has 1 N–H and O–H groups in total. The van der Waals surface area contributed by atoms with Crippen molar-refractivity contribution in [2.45, 2.75) is 46.2 Å². The number of nitrogens with one attached hydrogen (secondary N) is 1. The molecular formula is C17H22ClNS. The second-order valence-corrected chi connectivity index (χ2v) is 7.39. The average Bonchev–Trinajstić information content (AvgIpc) is 2.71. The third-order valence-electron chi connectivity index (χ3n) is 3.54. The summed E-state index contributed by atoms with van der Waals surface area (Å²) in [5.74, 6) is 0. The number of halogens is 1. The van der Waals surface area contributed by atoms with Gasteiger partial charge < -0.3 is 5.32 Å². The lowest BCUT2D eigenvalue weighted by molar-refractivity contribution is 0.477. The quantitative estimate of drug-likeness (QED) is 0.790. The van der Waals surface area contributed by atoms with Crippen molar-refractivity contribution in [2.24, 2.45) is 0 Å². The summed E-state index contributed by atoms with van der Waals surface area (Å²) in [6.45, 7) is 8.85. The molecule has 0 saturated carbocycles. The Morgan fingerprint density at radius 1 is 1.15 bits per heavy atom. The maximum atomic E-state index is 5.92. The maximum absolute atomic E-state index is 5.92. The van der Waals surface area contributed by atoms with Gasteiger partial charge in [0.15, 0.2) is 0 Å². The molecule has 1 heterocycles. The number of aryl methyl sites for hydroxylation is 2. The lowest BCUT2D eigenvalue weighted by Gasteiger charge is -2.20. The van der Waals surface area contributed by atoms with Crippen molar-refractivity contribution >= 4 is 22.9 Å². The fraction of sp³-hybridized carbons (Fsp3) is 0.412. The van der Waals surface area contributed by atoms with Crippen molar-refractivity contribution in [3.8, 4) is 0 Å². The summed E-state index contributed by atoms with van der Waals surface area (Å²) in [6.07, 6.45) is 1.02. The van der Waals surface area contributed by atoms with E-state index in [-0.39, 0.29) is 0 Å². The van der Waals surface area contributed by atoms with E-state index in [0.717, 1.165) is 11.4 Å². The predicted molar refractivity (Wildman–Crippen MR) is 90.0 cm³/mol. The topological polar surface area (TPSA) is 12.0 Å². The first-order valence-corrected chi connectivity index (χ1v) is 8.22. The Labute approximate surface area is 131 Å². The molecule has 20 heavy (non-hydrogen) atoms. The largest absolute Gasteiger partial charge is 0.307 e. The molecule has 2 rings (SSSR count). The molecule has 0 aliphatic rings. The van der Waals surface area contributed by atoms with Crippen molar-refractivity contribution < 1.29 is 0 Å². The van der Waals surface area contributed by atoms with E-state index in [1.807, 2.05) is 23.5 Å². The molecule has 0 amide bonds. The van der Waals surface area contributed by atoms with Crippen LogP contribution >= 0.6 is 22.9 Å². The van der Waals surface area contributed by atoms with Crippen LogP contribution < -0.4 is 5.32 Å². The second kappa shape index (κ2) is 6.75. The summed E-state index contributed by atoms with van der Waals surface area (Å²) in [4.78, 5) is 2.80. The zero-order chi connectivity index (χ0) is 14.7. The molecule has 1 aromatic heterocycles. The molecule has 0 bridgehead atoms. The molecule has 0 aliphatic carbocycles. The van der Waals surface area contributed by atoms with E-state index < -0.39 is 0 Å². The Bertz CT molecular complexity index is 559. The highest BCUT2D eigenvalue weighted by atomic mass is 35.5. The SMILES string of the molecule is Cc1cc(C(C)NC(C)Cc2ccc(Cl)cc2)c(C)s1. The van der Waals surface area contributed by atoms with E-state index in [2.05, 4.69) is 51.2 Å². The summed E-state index contributed by atoms with van der Waals surface area (Å²) in [5.41, 5.74) is 2.75. The van der Waals surface area contributed by atoms with Gasteiger partial charge in [-0.05, 0) is 63.4 Å². The molecule has 0 aliphatic heterocycles. The van der Waals surface area contributed by atoms with E-state index in [1.165, 1.54) is 20.9 Å². The van der Waals surface area contributed by atoms with Gasteiger partial charge in [0, 0.05) is 26.9 Å². The predicted octanol–water partition coefficient (Wildman–Crippen LogP) is 5.30. The van der Waals surface area contributed by atoms with Gasteiger partial charge in [-0.3, -0.25) is 0 Å². The van der Waals surface area contributed by atoms with Gasteiger partial charge in [-0.2, -0.15) is 0 Å². The standard InChI is InChI=1S/C17H22ClNS/c1-11(9-15-5-7-16(18)8-6-15)19-13(3)17-10-12(2)20-14(17)4/h5-8,10-11,13,19H,9H2,1-4H3. The highest BCUT2D eigenvalue weighted by Gasteiger charge is 2.13. The Morgan fingerprint density at radius 3 is 2.35 bits per heavy atom. The molecular weight excluding hydrogens is 286 g/mol. The summed E-state index contributed by atoms with van der Waals surface area (Å²) >= 11 is 7.79. The maximum Gasteiger partial charge on any atom is 0.0406 e. The molecule has 0 saturated heterocycles. The first-order chi connectivity index (χ1) is 9.45. The van der Waals surface area contributed by atoms with Crippen LogP contribution in [-0.4, -0.2) is 6.04 Å². The van der Waals surface area contributed by atoms with Crippen molar-refractivity contribution in [1.82, 2.24) is 5.32 Å². The zero-order valence-corrected chi connectivity index (χ0v) is 14.1. The highest BCUT2D eigenvalue weighted by molar-refractivity contribution is 7.12. The van der Waals surface area contributed by atoms with E-state index in [9.17, 15) is 0 Å². The monoisotopic (exact) mass is 307 g/mol. The fourth-order valence-corrected chi connectivity index (χ4v) is 3.78. The number of hydrogen-bond donors (Lipinski definition) is 1. The van der Waals surface area contributed by atoms with Crippen molar-refractivity contribution in [1.29, 1.82) is 0 Å². The van der Waals surface area contributed by atoms with Crippen LogP contribution in [0.25, 0.3) is 0 Å². The van der Waals surface area contributed by atoms with Gasteiger partial charge >= 0.3 is 0 Å². The van der Waals surface area contributed by atoms with Gasteiger partial charge in [-0.25, -0.2) is 0 Å². The minimum absolute atomic E-state index is 0.391. The normalized spacial score (nSPS) is 14.2. The Kier molecular flexibility index (Phi) is 5.25. The first-order valence-electron chi connectivity index (χ1n) is 7.03. The molecule has 1 aromatic carbocycles. The van der Waals surface area contributed by atoms with Crippen molar-refractivity contribution in [3.05, 3.63) is 56.2 Å². The molecule has 1 nitrogen and oxygen atoms in total. The van der Waals surface area contributed by atoms with Crippen LogP contribution in [0.5, 0.6) is 0 Å². The van der Waals surface area contributed by atoms with Crippen LogP contribution in [0.2, 0.25) is 5.02 Å². The first kappa shape index (κ1) is 15.6. The van der Waals surface area contributed by atoms with E-state index in [1.54, 1.807) is 0 Å². The second-order valence-electron chi connectivity index (χ2n) is 5.49. The van der Waals surface area contributed by atoms with Gasteiger partial charge in [0.25, 0.3) is 0 Å². The van der Waals surface area contributed by atoms with E-state index >= 15 is 0 Å². The van der Waals surface area contributed by atoms with Crippen LogP contribution in [-0.2, 0) is 6.42 Å². The van der Waals surface area contributed by atoms with Crippen molar-refractivity contribution in [2.75, 3.05) is 0 Å². The molecule has 0 spiro atoms. The van der Waals surface area contributed by atoms with Crippen LogP contribution in [0.3, 0.4) is 0 Å². The van der Waals surface area contributed by atoms with E-state index in [0.29, 0.717) is 12.1 Å². The van der Waals surface area contributed by atoms with Gasteiger partial charge in [-0.15, -0.1) is 11.3 Å². The number of hydrogen-bond acceptors (Lipinski definition) is 2. The van der Waals surface area contributed by atoms with Crippen LogP contribution in [0, 0.1) is 13.8 Å². The van der Waals surface area contributed by atoms with Gasteiger partial charge in [0.1, 0.15) is 0 Å². The molecule has 2 atom stereocenters. The minimum Gasteiger partial charge on any atom is -0.307 e. The average molecular weight is 308 g/mol. The Hall–Kier alpha value is -0.830. The van der Waals surface area contributed by atoms with Crippen LogP contribution in [0.15, 0.2) is 30.3 Å². The van der Waals surface area contributed by atoms with Crippen LogP contribution in [0.1, 0.15) is 40.8 Å². The summed E-state index contributed by atoms with van der Waals surface area (Å²) in [7, 11) is 0. The summed E-state index contributed by atoms with van der Waals surface area (Å²) < 4.78 is 0. The molecule has 2 aromatic rings. The van der Waals surface area contributed by atoms with Crippen LogP contribution in [0.4, 0.5) is 0 Å². The van der Waals surface area contributed by atoms with Crippen molar-refractivity contribution in [3.63, 3.8) is 0 Å². The minimum atomic E-state index is 0.391. The zero-order valence-electron chi connectivity index (χ0n) is 12.5. The third kappa shape index (κ3) is 4.08. The highest BCUT2D eigenvalue weighted by Crippen LogP contribution is 2.26. The molecule has 0 fully saturated rings. The number of thiophene rings is 1. The lowest BCUT2D eigenvalue weighted by atomic mass is 10.0. The van der Waals surface area contributed by atoms with Gasteiger partial charge in [-0.1, -0.05) is 23.7 Å². The molecule has 0 radical (unpaired) electrons.